The molecule has 21 heavy (non-hydrogen) atoms. The van der Waals surface area contributed by atoms with E-state index in [1.807, 2.05) is 4.90 Å². The van der Waals surface area contributed by atoms with Gasteiger partial charge in [0.25, 0.3) is 0 Å². The van der Waals surface area contributed by atoms with E-state index in [2.05, 4.69) is 38.1 Å². The lowest BCUT2D eigenvalue weighted by atomic mass is 10.00. The Labute approximate surface area is 127 Å². The van der Waals surface area contributed by atoms with Crippen molar-refractivity contribution in [3.63, 3.8) is 0 Å². The number of aliphatic hydroxyl groups is 1. The third kappa shape index (κ3) is 2.98. The van der Waals surface area contributed by atoms with Crippen molar-refractivity contribution in [1.82, 2.24) is 4.90 Å². The van der Waals surface area contributed by atoms with Gasteiger partial charge in [-0.3, -0.25) is 4.79 Å². The Hall–Kier alpha value is -1.35. The molecular weight excluding hydrogens is 262 g/mol. The number of aliphatic hydroxyl groups excluding tert-OH is 1. The number of carbonyl (C=O) groups excluding carboxylic acids is 1. The van der Waals surface area contributed by atoms with Gasteiger partial charge in [-0.1, -0.05) is 38.1 Å². The number of nitrogens with zero attached hydrogens (tertiary/aromatic N) is 1. The number of carbonyl (C=O) groups is 1. The average Bonchev–Trinajstić information content (AvgIpc) is 3.15. The van der Waals surface area contributed by atoms with Gasteiger partial charge in [0, 0.05) is 31.5 Å². The Morgan fingerprint density at radius 1 is 1.33 bits per heavy atom. The fourth-order valence-corrected chi connectivity index (χ4v) is 3.38. The van der Waals surface area contributed by atoms with Gasteiger partial charge in [0.2, 0.25) is 5.91 Å². The zero-order valence-electron chi connectivity index (χ0n) is 13.0. The first-order valence-electron chi connectivity index (χ1n) is 8.09. The van der Waals surface area contributed by atoms with Gasteiger partial charge < -0.3 is 10.0 Å². The summed E-state index contributed by atoms with van der Waals surface area (Å²) in [6, 6.07) is 8.76. The topological polar surface area (TPSA) is 40.5 Å². The molecular formula is C18H25NO2. The molecule has 1 N–H and O–H groups in total. The van der Waals surface area contributed by atoms with Crippen LogP contribution >= 0.6 is 0 Å². The molecule has 0 spiro atoms. The molecule has 2 aliphatic rings. The first-order chi connectivity index (χ1) is 10.1. The molecule has 114 valence electrons. The summed E-state index contributed by atoms with van der Waals surface area (Å²) < 4.78 is 0. The zero-order valence-corrected chi connectivity index (χ0v) is 13.0. The van der Waals surface area contributed by atoms with Gasteiger partial charge in [0.1, 0.15) is 0 Å². The maximum atomic E-state index is 12.5. The van der Waals surface area contributed by atoms with E-state index in [-0.39, 0.29) is 18.4 Å². The SMILES string of the molecule is CC(C)c1ccc(C2CC2C(=O)N2CCC(CO)C2)cc1. The van der Waals surface area contributed by atoms with Crippen LogP contribution in [0.5, 0.6) is 0 Å². The normalized spacial score (nSPS) is 28.2. The molecule has 1 aromatic rings. The lowest BCUT2D eigenvalue weighted by Gasteiger charge is -2.16. The zero-order chi connectivity index (χ0) is 15.0. The fraction of sp³-hybridized carbons (Fsp3) is 0.611. The second-order valence-electron chi connectivity index (χ2n) is 6.89. The van der Waals surface area contributed by atoms with E-state index < -0.39 is 0 Å². The summed E-state index contributed by atoms with van der Waals surface area (Å²) in [5.74, 6) is 1.72. The van der Waals surface area contributed by atoms with Gasteiger partial charge in [-0.15, -0.1) is 0 Å². The Morgan fingerprint density at radius 2 is 2.05 bits per heavy atom. The Balaban J connectivity index is 1.59. The highest BCUT2D eigenvalue weighted by atomic mass is 16.3. The molecule has 1 aliphatic heterocycles. The number of likely N-dealkylation sites (tertiary alicyclic amines) is 1. The molecule has 0 aromatic heterocycles. The minimum atomic E-state index is 0.173. The molecule has 1 heterocycles. The van der Waals surface area contributed by atoms with Crippen molar-refractivity contribution in [1.29, 1.82) is 0 Å². The van der Waals surface area contributed by atoms with Crippen molar-refractivity contribution >= 4 is 5.91 Å². The van der Waals surface area contributed by atoms with Crippen LogP contribution in [0.1, 0.15) is 49.7 Å². The lowest BCUT2D eigenvalue weighted by molar-refractivity contribution is -0.131. The fourth-order valence-electron chi connectivity index (χ4n) is 3.38. The smallest absolute Gasteiger partial charge is 0.226 e. The quantitative estimate of drug-likeness (QED) is 0.925. The molecule has 0 radical (unpaired) electrons. The van der Waals surface area contributed by atoms with E-state index in [0.29, 0.717) is 17.7 Å². The summed E-state index contributed by atoms with van der Waals surface area (Å²) in [5.41, 5.74) is 2.66. The number of amides is 1. The van der Waals surface area contributed by atoms with Crippen molar-refractivity contribution < 1.29 is 9.90 Å². The van der Waals surface area contributed by atoms with Gasteiger partial charge in [0.05, 0.1) is 0 Å². The van der Waals surface area contributed by atoms with E-state index >= 15 is 0 Å². The van der Waals surface area contributed by atoms with E-state index in [4.69, 9.17) is 0 Å². The van der Waals surface area contributed by atoms with E-state index in [9.17, 15) is 9.90 Å². The molecule has 2 fully saturated rings. The molecule has 1 aromatic carbocycles. The Kier molecular flexibility index (Phi) is 4.03. The number of rotatable bonds is 4. The molecule has 3 nitrogen and oxygen atoms in total. The molecule has 3 rings (SSSR count). The van der Waals surface area contributed by atoms with Crippen LogP contribution in [0, 0.1) is 11.8 Å². The van der Waals surface area contributed by atoms with Crippen LogP contribution in [-0.4, -0.2) is 35.6 Å². The number of hydrogen-bond acceptors (Lipinski definition) is 2. The summed E-state index contributed by atoms with van der Waals surface area (Å²) >= 11 is 0. The van der Waals surface area contributed by atoms with Gasteiger partial charge in [-0.05, 0) is 35.8 Å². The van der Waals surface area contributed by atoms with Crippen LogP contribution in [0.3, 0.4) is 0 Å². The van der Waals surface area contributed by atoms with Crippen molar-refractivity contribution in [3.8, 4) is 0 Å². The molecule has 1 saturated carbocycles. The predicted octanol–water partition coefficient (Wildman–Crippen LogP) is 2.75. The van der Waals surface area contributed by atoms with Crippen molar-refractivity contribution in [2.24, 2.45) is 11.8 Å². The van der Waals surface area contributed by atoms with Gasteiger partial charge >= 0.3 is 0 Å². The van der Waals surface area contributed by atoms with Crippen LogP contribution in [0.25, 0.3) is 0 Å². The maximum absolute atomic E-state index is 12.5. The molecule has 1 saturated heterocycles. The highest BCUT2D eigenvalue weighted by molar-refractivity contribution is 5.83. The number of hydrogen-bond donors (Lipinski definition) is 1. The first-order valence-corrected chi connectivity index (χ1v) is 8.09. The first kappa shape index (κ1) is 14.6. The molecule has 3 atom stereocenters. The van der Waals surface area contributed by atoms with Crippen LogP contribution in [0.15, 0.2) is 24.3 Å². The molecule has 0 bridgehead atoms. The van der Waals surface area contributed by atoms with Crippen LogP contribution in [0.4, 0.5) is 0 Å². The highest BCUT2D eigenvalue weighted by Gasteiger charge is 2.46. The van der Waals surface area contributed by atoms with Crippen LogP contribution < -0.4 is 0 Å². The summed E-state index contributed by atoms with van der Waals surface area (Å²) in [4.78, 5) is 14.4. The third-order valence-corrected chi connectivity index (χ3v) is 4.99. The summed E-state index contributed by atoms with van der Waals surface area (Å²) in [6.45, 7) is 6.16. The highest BCUT2D eigenvalue weighted by Crippen LogP contribution is 2.49. The largest absolute Gasteiger partial charge is 0.396 e. The Bertz CT molecular complexity index is 508. The van der Waals surface area contributed by atoms with E-state index in [0.717, 1.165) is 25.9 Å². The van der Waals surface area contributed by atoms with Crippen LogP contribution in [0.2, 0.25) is 0 Å². The van der Waals surface area contributed by atoms with Gasteiger partial charge in [0.15, 0.2) is 0 Å². The molecule has 3 heteroatoms. The van der Waals surface area contributed by atoms with Gasteiger partial charge in [-0.2, -0.15) is 0 Å². The summed E-state index contributed by atoms with van der Waals surface area (Å²) in [7, 11) is 0. The second-order valence-corrected chi connectivity index (χ2v) is 6.89. The monoisotopic (exact) mass is 287 g/mol. The van der Waals surface area contributed by atoms with E-state index in [1.54, 1.807) is 0 Å². The minimum absolute atomic E-state index is 0.173. The predicted molar refractivity (Wildman–Crippen MR) is 83.2 cm³/mol. The Morgan fingerprint density at radius 3 is 2.62 bits per heavy atom. The van der Waals surface area contributed by atoms with E-state index in [1.165, 1.54) is 11.1 Å². The molecule has 1 aliphatic carbocycles. The average molecular weight is 287 g/mol. The minimum Gasteiger partial charge on any atom is -0.396 e. The van der Waals surface area contributed by atoms with Crippen LogP contribution in [-0.2, 0) is 4.79 Å². The van der Waals surface area contributed by atoms with Crippen molar-refractivity contribution in [2.45, 2.75) is 38.5 Å². The summed E-state index contributed by atoms with van der Waals surface area (Å²) in [5, 5.41) is 9.18. The number of benzene rings is 1. The standard InChI is InChI=1S/C18H25NO2/c1-12(2)14-3-5-15(6-4-14)16-9-17(16)18(21)19-8-7-13(10-19)11-20/h3-6,12-13,16-17,20H,7-11H2,1-2H3. The summed E-state index contributed by atoms with van der Waals surface area (Å²) in [6.07, 6.45) is 1.93. The lowest BCUT2D eigenvalue weighted by Crippen LogP contribution is -2.30. The van der Waals surface area contributed by atoms with Gasteiger partial charge in [-0.25, -0.2) is 0 Å². The second kappa shape index (κ2) is 5.80. The van der Waals surface area contributed by atoms with Crippen molar-refractivity contribution in [3.05, 3.63) is 35.4 Å². The maximum Gasteiger partial charge on any atom is 0.226 e. The molecule has 1 amide bonds. The van der Waals surface area contributed by atoms with Crippen molar-refractivity contribution in [2.75, 3.05) is 19.7 Å². The third-order valence-electron chi connectivity index (χ3n) is 4.99. The molecule has 3 unspecified atom stereocenters.